The largest absolute Gasteiger partial charge is 0.457 e. The van der Waals surface area contributed by atoms with Gasteiger partial charge in [0.05, 0.1) is 22.3 Å². The molecule has 0 atom stereocenters. The fraction of sp³-hybridized carbons (Fsp3) is 0.333. The van der Waals surface area contributed by atoms with Crippen molar-refractivity contribution in [2.75, 3.05) is 13.1 Å². The Balaban J connectivity index is 1.42. The Bertz CT molecular complexity index is 1370. The van der Waals surface area contributed by atoms with Crippen LogP contribution < -0.4 is 0 Å². The molecule has 0 aliphatic heterocycles. The molecule has 174 valence electrons. The summed E-state index contributed by atoms with van der Waals surface area (Å²) in [6.45, 7) is 4.50. The summed E-state index contributed by atoms with van der Waals surface area (Å²) in [6.07, 6.45) is 0.532. The minimum atomic E-state index is -3.56. The molecule has 4 aromatic rings. The Kier molecular flexibility index (Phi) is 6.53. The number of fused-ring (bicyclic) bond motifs is 2. The predicted octanol–water partition coefficient (Wildman–Crippen LogP) is 4.03. The van der Waals surface area contributed by atoms with E-state index in [4.69, 9.17) is 9.15 Å². The first-order chi connectivity index (χ1) is 15.8. The minimum Gasteiger partial charge on any atom is -0.457 e. The zero-order chi connectivity index (χ0) is 23.6. The standard InChI is InChI=1S/C24H27N3O5S/c1-4-27(5-2)33(29,30)19-10-11-21-20(15-19)25-23(26(21)3)12-13-24(28)31-16-18-14-17-8-6-7-9-22(17)32-18/h6-11,14-15H,4-5,12-13,16H2,1-3H3. The number of aromatic nitrogens is 2. The molecule has 0 saturated carbocycles. The molecule has 4 rings (SSSR count). The molecule has 0 amide bonds. The number of ether oxygens (including phenoxy) is 1. The van der Waals surface area contributed by atoms with Crippen LogP contribution in [0.25, 0.3) is 22.0 Å². The minimum absolute atomic E-state index is 0.0721. The van der Waals surface area contributed by atoms with E-state index in [-0.39, 0.29) is 23.9 Å². The van der Waals surface area contributed by atoms with Crippen LogP contribution in [-0.2, 0) is 39.6 Å². The lowest BCUT2D eigenvalue weighted by Crippen LogP contribution is -2.30. The fourth-order valence-electron chi connectivity index (χ4n) is 3.87. The molecule has 0 unspecified atom stereocenters. The lowest BCUT2D eigenvalue weighted by molar-refractivity contribution is -0.145. The van der Waals surface area contributed by atoms with E-state index in [1.54, 1.807) is 18.2 Å². The number of hydrogen-bond donors (Lipinski definition) is 0. The third-order valence-electron chi connectivity index (χ3n) is 5.69. The van der Waals surface area contributed by atoms with Gasteiger partial charge in [-0.1, -0.05) is 32.0 Å². The van der Waals surface area contributed by atoms with Crippen LogP contribution in [0.4, 0.5) is 0 Å². The van der Waals surface area contributed by atoms with Gasteiger partial charge in [-0.25, -0.2) is 13.4 Å². The molecule has 2 heterocycles. The van der Waals surface area contributed by atoms with Crippen LogP contribution in [0.5, 0.6) is 0 Å². The van der Waals surface area contributed by atoms with Crippen molar-refractivity contribution < 1.29 is 22.4 Å². The predicted molar refractivity (Wildman–Crippen MR) is 125 cm³/mol. The van der Waals surface area contributed by atoms with Crippen LogP contribution >= 0.6 is 0 Å². The summed E-state index contributed by atoms with van der Waals surface area (Å²) >= 11 is 0. The van der Waals surface area contributed by atoms with Gasteiger partial charge in [-0.05, 0) is 30.3 Å². The molecular formula is C24H27N3O5S. The number of rotatable bonds is 9. The summed E-state index contributed by atoms with van der Waals surface area (Å²) < 4.78 is 39.9. The van der Waals surface area contributed by atoms with Crippen molar-refractivity contribution in [2.24, 2.45) is 7.05 Å². The summed E-state index contributed by atoms with van der Waals surface area (Å²) in [4.78, 5) is 17.1. The van der Waals surface area contributed by atoms with Gasteiger partial charge >= 0.3 is 5.97 Å². The third kappa shape index (κ3) is 4.65. The van der Waals surface area contributed by atoms with Gasteiger partial charge in [0.15, 0.2) is 0 Å². The maximum Gasteiger partial charge on any atom is 0.306 e. The summed E-state index contributed by atoms with van der Waals surface area (Å²) in [5.74, 6) is 0.921. The molecule has 0 bridgehead atoms. The highest BCUT2D eigenvalue weighted by atomic mass is 32.2. The normalized spacial score (nSPS) is 12.1. The van der Waals surface area contributed by atoms with Crippen molar-refractivity contribution in [2.45, 2.75) is 38.2 Å². The van der Waals surface area contributed by atoms with Crippen LogP contribution in [0.15, 0.2) is 57.8 Å². The Labute approximate surface area is 192 Å². The summed E-state index contributed by atoms with van der Waals surface area (Å²) in [5, 5.41) is 0.964. The lowest BCUT2D eigenvalue weighted by atomic mass is 10.2. The average Bonchev–Trinajstić information content (AvgIpc) is 3.37. The second-order valence-electron chi connectivity index (χ2n) is 7.74. The molecule has 2 aromatic heterocycles. The molecule has 0 spiro atoms. The number of para-hydroxylation sites is 1. The number of aryl methyl sites for hydroxylation is 2. The van der Waals surface area contributed by atoms with Crippen LogP contribution in [0.2, 0.25) is 0 Å². The number of benzene rings is 2. The van der Waals surface area contributed by atoms with E-state index in [0.29, 0.717) is 36.6 Å². The first kappa shape index (κ1) is 23.0. The van der Waals surface area contributed by atoms with Crippen molar-refractivity contribution in [1.82, 2.24) is 13.9 Å². The van der Waals surface area contributed by atoms with E-state index in [0.717, 1.165) is 16.5 Å². The molecule has 0 N–H and O–H groups in total. The Morgan fingerprint density at radius 3 is 2.61 bits per heavy atom. The van der Waals surface area contributed by atoms with Gasteiger partial charge < -0.3 is 13.7 Å². The third-order valence-corrected chi connectivity index (χ3v) is 7.74. The average molecular weight is 470 g/mol. The maximum atomic E-state index is 12.8. The molecule has 0 aliphatic rings. The van der Waals surface area contributed by atoms with Gasteiger partial charge in [-0.15, -0.1) is 0 Å². The van der Waals surface area contributed by atoms with E-state index >= 15 is 0 Å². The molecule has 9 heteroatoms. The molecule has 0 radical (unpaired) electrons. The first-order valence-corrected chi connectivity index (χ1v) is 12.4. The number of carbonyl (C=O) groups is 1. The second-order valence-corrected chi connectivity index (χ2v) is 9.68. The second kappa shape index (κ2) is 9.36. The van der Waals surface area contributed by atoms with Crippen LogP contribution in [-0.4, -0.2) is 41.3 Å². The monoisotopic (exact) mass is 469 g/mol. The van der Waals surface area contributed by atoms with Crippen molar-refractivity contribution in [3.8, 4) is 0 Å². The molecule has 2 aromatic carbocycles. The van der Waals surface area contributed by atoms with Gasteiger partial charge in [0.1, 0.15) is 23.8 Å². The lowest BCUT2D eigenvalue weighted by Gasteiger charge is -2.18. The summed E-state index contributed by atoms with van der Waals surface area (Å²) in [6, 6.07) is 14.4. The number of esters is 1. The van der Waals surface area contributed by atoms with Crippen molar-refractivity contribution in [3.63, 3.8) is 0 Å². The highest BCUT2D eigenvalue weighted by Gasteiger charge is 2.23. The van der Waals surface area contributed by atoms with Gasteiger partial charge in [0.25, 0.3) is 0 Å². The van der Waals surface area contributed by atoms with Crippen molar-refractivity contribution >= 4 is 38.0 Å². The van der Waals surface area contributed by atoms with Gasteiger partial charge in [0, 0.05) is 31.9 Å². The number of hydrogen-bond acceptors (Lipinski definition) is 6. The molecule has 8 nitrogen and oxygen atoms in total. The van der Waals surface area contributed by atoms with Gasteiger partial charge in [0.2, 0.25) is 10.0 Å². The van der Waals surface area contributed by atoms with Crippen LogP contribution in [0.1, 0.15) is 31.9 Å². The first-order valence-electron chi connectivity index (χ1n) is 10.9. The number of furan rings is 1. The number of nitrogens with zero attached hydrogens (tertiary/aromatic N) is 3. The van der Waals surface area contributed by atoms with E-state index in [9.17, 15) is 13.2 Å². The Morgan fingerprint density at radius 2 is 1.88 bits per heavy atom. The van der Waals surface area contributed by atoms with E-state index in [1.807, 2.05) is 55.8 Å². The quantitative estimate of drug-likeness (QED) is 0.344. The zero-order valence-electron chi connectivity index (χ0n) is 18.9. The highest BCUT2D eigenvalue weighted by molar-refractivity contribution is 7.89. The molecule has 0 saturated heterocycles. The molecule has 0 aliphatic carbocycles. The van der Waals surface area contributed by atoms with Crippen molar-refractivity contribution in [1.29, 1.82) is 0 Å². The zero-order valence-corrected chi connectivity index (χ0v) is 19.8. The fourth-order valence-corrected chi connectivity index (χ4v) is 5.35. The van der Waals surface area contributed by atoms with Crippen molar-refractivity contribution in [3.05, 3.63) is 60.1 Å². The van der Waals surface area contributed by atoms with Crippen LogP contribution in [0.3, 0.4) is 0 Å². The van der Waals surface area contributed by atoms with Gasteiger partial charge in [-0.2, -0.15) is 4.31 Å². The summed E-state index contributed by atoms with van der Waals surface area (Å²) in [7, 11) is -1.71. The summed E-state index contributed by atoms with van der Waals surface area (Å²) in [5.41, 5.74) is 2.14. The van der Waals surface area contributed by atoms with E-state index in [2.05, 4.69) is 4.98 Å². The SMILES string of the molecule is CCN(CC)S(=O)(=O)c1ccc2c(c1)nc(CCC(=O)OCc1cc3ccccc3o1)n2C. The molecule has 0 fully saturated rings. The Morgan fingerprint density at radius 1 is 1.12 bits per heavy atom. The maximum absolute atomic E-state index is 12.8. The topological polar surface area (TPSA) is 94.6 Å². The van der Waals surface area contributed by atoms with Crippen LogP contribution in [0, 0.1) is 0 Å². The number of imidazole rings is 1. The number of carbonyl (C=O) groups excluding carboxylic acids is 1. The Hall–Kier alpha value is -3.17. The smallest absolute Gasteiger partial charge is 0.306 e. The van der Waals surface area contributed by atoms with Gasteiger partial charge in [-0.3, -0.25) is 4.79 Å². The van der Waals surface area contributed by atoms with E-state index < -0.39 is 10.0 Å². The molecule has 33 heavy (non-hydrogen) atoms. The number of sulfonamides is 1. The highest BCUT2D eigenvalue weighted by Crippen LogP contribution is 2.23. The molecular weight excluding hydrogens is 442 g/mol. The van der Waals surface area contributed by atoms with E-state index in [1.165, 1.54) is 4.31 Å².